The Morgan fingerprint density at radius 2 is 1.97 bits per heavy atom. The quantitative estimate of drug-likeness (QED) is 0.335. The number of halogens is 4. The summed E-state index contributed by atoms with van der Waals surface area (Å²) in [6.45, 7) is 1.90. The largest absolute Gasteiger partial charge is 0.416 e. The smallest absolute Gasteiger partial charge is 0.394 e. The molecule has 0 saturated carbocycles. The second kappa shape index (κ2) is 9.27. The lowest BCUT2D eigenvalue weighted by molar-refractivity contribution is -0.137. The number of benzene rings is 2. The van der Waals surface area contributed by atoms with Crippen molar-refractivity contribution in [3.8, 4) is 0 Å². The molecule has 4 rings (SSSR count). The van der Waals surface area contributed by atoms with Crippen LogP contribution >= 0.6 is 11.6 Å². The molecule has 8 nitrogen and oxygen atoms in total. The summed E-state index contributed by atoms with van der Waals surface area (Å²) < 4.78 is 40.4. The van der Waals surface area contributed by atoms with Gasteiger partial charge in [0.05, 0.1) is 30.3 Å². The number of aliphatic hydroxyl groups is 1. The van der Waals surface area contributed by atoms with Crippen molar-refractivity contribution in [1.82, 2.24) is 19.7 Å². The molecule has 2 aromatic carbocycles. The van der Waals surface area contributed by atoms with Crippen molar-refractivity contribution in [3.05, 3.63) is 70.6 Å². The molecule has 176 valence electrons. The molecule has 4 aromatic rings. The monoisotopic (exact) mass is 490 g/mol. The highest BCUT2D eigenvalue weighted by molar-refractivity contribution is 6.28. The van der Waals surface area contributed by atoms with E-state index in [-0.39, 0.29) is 29.7 Å². The van der Waals surface area contributed by atoms with Crippen molar-refractivity contribution in [1.29, 1.82) is 0 Å². The van der Waals surface area contributed by atoms with Gasteiger partial charge < -0.3 is 15.7 Å². The van der Waals surface area contributed by atoms with Gasteiger partial charge in [-0.1, -0.05) is 12.1 Å². The van der Waals surface area contributed by atoms with Crippen molar-refractivity contribution in [2.75, 3.05) is 17.2 Å². The van der Waals surface area contributed by atoms with Gasteiger partial charge in [0.25, 0.3) is 5.91 Å². The van der Waals surface area contributed by atoms with Crippen LogP contribution in [0.1, 0.15) is 21.5 Å². The van der Waals surface area contributed by atoms with Gasteiger partial charge in [0, 0.05) is 16.9 Å². The van der Waals surface area contributed by atoms with E-state index in [1.807, 2.05) is 6.92 Å². The SMILES string of the molecule is Cc1ccc(C(=O)Nc2cccc(C(F)(F)F)c2)cc1Nc1nc(Cl)nc2c1cnn2CCO. The van der Waals surface area contributed by atoms with Crippen LogP contribution in [0.2, 0.25) is 5.28 Å². The highest BCUT2D eigenvalue weighted by Gasteiger charge is 2.30. The van der Waals surface area contributed by atoms with Crippen LogP contribution in [0.3, 0.4) is 0 Å². The first-order valence-corrected chi connectivity index (χ1v) is 10.4. The molecule has 2 heterocycles. The average Bonchev–Trinajstić information content (AvgIpc) is 3.18. The van der Waals surface area contributed by atoms with Gasteiger partial charge in [-0.3, -0.25) is 4.79 Å². The molecule has 2 aromatic heterocycles. The molecule has 0 aliphatic rings. The molecule has 1 amide bonds. The van der Waals surface area contributed by atoms with Crippen LogP contribution in [0.25, 0.3) is 11.0 Å². The lowest BCUT2D eigenvalue weighted by Gasteiger charge is -2.13. The molecule has 0 spiro atoms. The van der Waals surface area contributed by atoms with Crippen molar-refractivity contribution < 1.29 is 23.1 Å². The summed E-state index contributed by atoms with van der Waals surface area (Å²) in [5.41, 5.74) is 1.12. The van der Waals surface area contributed by atoms with E-state index in [4.69, 9.17) is 11.6 Å². The minimum absolute atomic E-state index is 0.0236. The third kappa shape index (κ3) is 4.95. The molecule has 3 N–H and O–H groups in total. The maximum absolute atomic E-state index is 13.0. The summed E-state index contributed by atoms with van der Waals surface area (Å²) in [7, 11) is 0. The molecule has 0 bridgehead atoms. The van der Waals surface area contributed by atoms with E-state index in [1.54, 1.807) is 18.2 Å². The molecule has 0 radical (unpaired) electrons. The number of nitrogens with one attached hydrogen (secondary N) is 2. The number of anilines is 3. The van der Waals surface area contributed by atoms with Gasteiger partial charge in [0.1, 0.15) is 5.82 Å². The lowest BCUT2D eigenvalue weighted by atomic mass is 10.1. The Morgan fingerprint density at radius 1 is 1.18 bits per heavy atom. The van der Waals surface area contributed by atoms with Crippen molar-refractivity contribution in [3.63, 3.8) is 0 Å². The summed E-state index contributed by atoms with van der Waals surface area (Å²) in [5, 5.41) is 19.5. The summed E-state index contributed by atoms with van der Waals surface area (Å²) in [6, 6.07) is 9.21. The van der Waals surface area contributed by atoms with E-state index >= 15 is 0 Å². The second-order valence-corrected chi connectivity index (χ2v) is 7.70. The van der Waals surface area contributed by atoms with E-state index in [1.165, 1.54) is 23.0 Å². The normalized spacial score (nSPS) is 11.6. The molecule has 34 heavy (non-hydrogen) atoms. The Kier molecular flexibility index (Phi) is 6.40. The van der Waals surface area contributed by atoms with Crippen LogP contribution in [-0.2, 0) is 12.7 Å². The molecule has 0 saturated heterocycles. The fraction of sp³-hybridized carbons (Fsp3) is 0.182. The molecule has 0 aliphatic carbocycles. The Balaban J connectivity index is 1.62. The first-order chi connectivity index (χ1) is 16.2. The van der Waals surface area contributed by atoms with Gasteiger partial charge in [-0.15, -0.1) is 0 Å². The molecule has 0 fully saturated rings. The van der Waals surface area contributed by atoms with Gasteiger partial charge in [0.2, 0.25) is 5.28 Å². The zero-order valence-corrected chi connectivity index (χ0v) is 18.4. The van der Waals surface area contributed by atoms with E-state index in [0.29, 0.717) is 22.5 Å². The number of aryl methyl sites for hydroxylation is 1. The van der Waals surface area contributed by atoms with E-state index < -0.39 is 17.6 Å². The summed E-state index contributed by atoms with van der Waals surface area (Å²) in [6.07, 6.45) is -2.99. The Bertz CT molecular complexity index is 1370. The summed E-state index contributed by atoms with van der Waals surface area (Å²) >= 11 is 6.07. The number of aromatic nitrogens is 4. The standard InChI is InChI=1S/C22H18ClF3N6O2/c1-12-5-6-13(20(34)28-15-4-2-3-14(10-15)22(24,25)26)9-17(12)29-18-16-11-27-32(7-8-33)19(16)31-21(23)30-18/h2-6,9-11,33H,7-8H2,1H3,(H,28,34)(H,29,30,31). The van der Waals surface area contributed by atoms with Crippen LogP contribution in [0.5, 0.6) is 0 Å². The van der Waals surface area contributed by atoms with E-state index in [9.17, 15) is 23.1 Å². The minimum Gasteiger partial charge on any atom is -0.394 e. The van der Waals surface area contributed by atoms with Gasteiger partial charge in [-0.2, -0.15) is 28.2 Å². The summed E-state index contributed by atoms with van der Waals surface area (Å²) in [4.78, 5) is 21.1. The van der Waals surface area contributed by atoms with Gasteiger partial charge in [0.15, 0.2) is 5.65 Å². The third-order valence-electron chi connectivity index (χ3n) is 4.98. The predicted octanol–water partition coefficient (Wildman–Crippen LogP) is 4.80. The summed E-state index contributed by atoms with van der Waals surface area (Å²) in [5.74, 6) is -0.235. The lowest BCUT2D eigenvalue weighted by Crippen LogP contribution is -2.13. The molecule has 12 heteroatoms. The van der Waals surface area contributed by atoms with Crippen LogP contribution in [-0.4, -0.2) is 37.4 Å². The topological polar surface area (TPSA) is 105 Å². The Hall–Kier alpha value is -3.70. The number of carbonyl (C=O) groups is 1. The van der Waals surface area contributed by atoms with Crippen LogP contribution in [0, 0.1) is 6.92 Å². The first kappa shape index (κ1) is 23.5. The number of fused-ring (bicyclic) bond motifs is 1. The van der Waals surface area contributed by atoms with Crippen molar-refractivity contribution in [2.45, 2.75) is 19.6 Å². The molecule has 0 unspecified atom stereocenters. The number of nitrogens with zero attached hydrogens (tertiary/aromatic N) is 4. The van der Waals surface area contributed by atoms with Gasteiger partial charge in [-0.25, -0.2) is 4.68 Å². The second-order valence-electron chi connectivity index (χ2n) is 7.36. The van der Waals surface area contributed by atoms with Gasteiger partial charge in [-0.05, 0) is 54.4 Å². The Labute approximate surface area is 196 Å². The maximum atomic E-state index is 13.0. The fourth-order valence-electron chi connectivity index (χ4n) is 3.28. The first-order valence-electron chi connectivity index (χ1n) is 10.0. The van der Waals surface area contributed by atoms with E-state index in [2.05, 4.69) is 25.7 Å². The number of alkyl halides is 3. The van der Waals surface area contributed by atoms with Crippen LogP contribution in [0.15, 0.2) is 48.7 Å². The predicted molar refractivity (Wildman–Crippen MR) is 121 cm³/mol. The third-order valence-corrected chi connectivity index (χ3v) is 5.15. The molecular weight excluding hydrogens is 473 g/mol. The number of rotatable bonds is 6. The van der Waals surface area contributed by atoms with Crippen molar-refractivity contribution >= 4 is 45.7 Å². The number of hydrogen-bond donors (Lipinski definition) is 3. The Morgan fingerprint density at radius 3 is 2.71 bits per heavy atom. The zero-order chi connectivity index (χ0) is 24.5. The van der Waals surface area contributed by atoms with Gasteiger partial charge >= 0.3 is 6.18 Å². The number of carbonyl (C=O) groups excluding carboxylic acids is 1. The zero-order valence-electron chi connectivity index (χ0n) is 17.7. The molecular formula is C22H18ClF3N6O2. The fourth-order valence-corrected chi connectivity index (χ4v) is 3.45. The number of amides is 1. The molecule has 0 atom stereocenters. The molecule has 0 aliphatic heterocycles. The maximum Gasteiger partial charge on any atom is 0.416 e. The van der Waals surface area contributed by atoms with Crippen LogP contribution < -0.4 is 10.6 Å². The number of hydrogen-bond acceptors (Lipinski definition) is 6. The highest BCUT2D eigenvalue weighted by Crippen LogP contribution is 2.31. The number of aliphatic hydroxyl groups excluding tert-OH is 1. The average molecular weight is 491 g/mol. The minimum atomic E-state index is -4.52. The van der Waals surface area contributed by atoms with Crippen LogP contribution in [0.4, 0.5) is 30.4 Å². The van der Waals surface area contributed by atoms with Crippen molar-refractivity contribution in [2.24, 2.45) is 0 Å². The van der Waals surface area contributed by atoms with E-state index in [0.717, 1.165) is 17.7 Å². The highest BCUT2D eigenvalue weighted by atomic mass is 35.5.